The maximum Gasteiger partial charge on any atom is 0.315 e. The molecule has 1 aliphatic heterocycles. The first kappa shape index (κ1) is 22.2. The molecule has 170 valence electrons. The van der Waals surface area contributed by atoms with Gasteiger partial charge >= 0.3 is 5.97 Å². The largest absolute Gasteiger partial charge is 0.497 e. The molecule has 1 unspecified atom stereocenters. The fourth-order valence-corrected chi connectivity index (χ4v) is 3.96. The van der Waals surface area contributed by atoms with Crippen molar-refractivity contribution in [1.29, 1.82) is 0 Å². The van der Waals surface area contributed by atoms with Gasteiger partial charge in [-0.1, -0.05) is 24.3 Å². The summed E-state index contributed by atoms with van der Waals surface area (Å²) in [7, 11) is 1.56. The van der Waals surface area contributed by atoms with Gasteiger partial charge in [-0.05, 0) is 66.1 Å². The second-order valence-electron chi connectivity index (χ2n) is 8.23. The van der Waals surface area contributed by atoms with Gasteiger partial charge in [-0.25, -0.2) is 0 Å². The summed E-state index contributed by atoms with van der Waals surface area (Å²) in [6.07, 6.45) is 0.327. The van der Waals surface area contributed by atoms with Gasteiger partial charge in [0.2, 0.25) is 0 Å². The lowest BCUT2D eigenvalue weighted by atomic mass is 9.88. The van der Waals surface area contributed by atoms with Crippen LogP contribution in [0.15, 0.2) is 72.8 Å². The molecule has 0 radical (unpaired) electrons. The van der Waals surface area contributed by atoms with Crippen LogP contribution in [0.5, 0.6) is 11.5 Å². The van der Waals surface area contributed by atoms with Crippen molar-refractivity contribution in [3.63, 3.8) is 0 Å². The van der Waals surface area contributed by atoms with Crippen LogP contribution in [0.4, 0.5) is 5.69 Å². The van der Waals surface area contributed by atoms with Crippen molar-refractivity contribution >= 4 is 17.6 Å². The van der Waals surface area contributed by atoms with E-state index in [0.29, 0.717) is 35.7 Å². The topological polar surface area (TPSA) is 102 Å². The normalized spacial score (nSPS) is 17.5. The summed E-state index contributed by atoms with van der Waals surface area (Å²) >= 11 is 0. The predicted molar refractivity (Wildman–Crippen MR) is 125 cm³/mol. The molecular formula is C26H26N2O5. The standard InChI is InChI=1S/C26H26N2O5/c1-32-22-10-6-20(7-11-22)24(29)28-15-14-26(16-28,25(30)31)17-33-23-12-4-19(5-13-23)18-2-8-21(27)9-3-18/h2-13H,14-17,27H2,1H3,(H,30,31). The lowest BCUT2D eigenvalue weighted by Gasteiger charge is -2.25. The Hall–Kier alpha value is -4.00. The molecule has 1 heterocycles. The molecule has 1 saturated heterocycles. The Morgan fingerprint density at radius 1 is 0.939 bits per heavy atom. The molecule has 3 aromatic rings. The van der Waals surface area contributed by atoms with Crippen LogP contribution in [0.25, 0.3) is 11.1 Å². The zero-order valence-corrected chi connectivity index (χ0v) is 18.4. The lowest BCUT2D eigenvalue weighted by Crippen LogP contribution is -2.41. The minimum Gasteiger partial charge on any atom is -0.497 e. The number of nitrogens with zero attached hydrogens (tertiary/aromatic N) is 1. The number of carbonyl (C=O) groups excluding carboxylic acids is 1. The minimum atomic E-state index is -1.16. The highest BCUT2D eigenvalue weighted by Crippen LogP contribution is 2.33. The van der Waals surface area contributed by atoms with Crippen LogP contribution < -0.4 is 15.2 Å². The second-order valence-corrected chi connectivity index (χ2v) is 8.23. The molecule has 7 nitrogen and oxygen atoms in total. The third-order valence-corrected chi connectivity index (χ3v) is 6.05. The van der Waals surface area contributed by atoms with Gasteiger partial charge < -0.3 is 25.2 Å². The summed E-state index contributed by atoms with van der Waals surface area (Å²) in [5, 5.41) is 9.95. The molecule has 0 aliphatic carbocycles. The predicted octanol–water partition coefficient (Wildman–Crippen LogP) is 3.94. The molecule has 1 atom stereocenters. The van der Waals surface area contributed by atoms with E-state index in [4.69, 9.17) is 15.2 Å². The molecule has 4 rings (SSSR count). The average Bonchev–Trinajstić information content (AvgIpc) is 3.29. The maximum absolute atomic E-state index is 12.9. The maximum atomic E-state index is 12.9. The smallest absolute Gasteiger partial charge is 0.315 e. The number of benzene rings is 3. The number of hydrogen-bond acceptors (Lipinski definition) is 5. The number of hydrogen-bond donors (Lipinski definition) is 2. The van der Waals surface area contributed by atoms with Crippen molar-refractivity contribution in [1.82, 2.24) is 4.90 Å². The highest BCUT2D eigenvalue weighted by atomic mass is 16.5. The van der Waals surface area contributed by atoms with Gasteiger partial charge in [-0.15, -0.1) is 0 Å². The highest BCUT2D eigenvalue weighted by molar-refractivity contribution is 5.95. The molecule has 33 heavy (non-hydrogen) atoms. The summed E-state index contributed by atoms with van der Waals surface area (Å²) in [4.78, 5) is 26.6. The molecular weight excluding hydrogens is 420 g/mol. The van der Waals surface area contributed by atoms with Crippen LogP contribution in [0.3, 0.4) is 0 Å². The fourth-order valence-electron chi connectivity index (χ4n) is 3.96. The Morgan fingerprint density at radius 3 is 2.09 bits per heavy atom. The number of ether oxygens (including phenoxy) is 2. The second kappa shape index (κ2) is 9.24. The van der Waals surface area contributed by atoms with Crippen molar-refractivity contribution < 1.29 is 24.2 Å². The number of carbonyl (C=O) groups is 2. The summed E-state index contributed by atoms with van der Waals surface area (Å²) in [5.41, 5.74) is 7.82. The number of amides is 1. The van der Waals surface area contributed by atoms with Crippen LogP contribution in [0, 0.1) is 5.41 Å². The number of carboxylic acids is 1. The van der Waals surface area contributed by atoms with E-state index in [2.05, 4.69) is 0 Å². The van der Waals surface area contributed by atoms with Crippen molar-refractivity contribution in [2.45, 2.75) is 6.42 Å². The van der Waals surface area contributed by atoms with Gasteiger partial charge in [0, 0.05) is 24.3 Å². The van der Waals surface area contributed by atoms with Gasteiger partial charge in [-0.3, -0.25) is 9.59 Å². The van der Waals surface area contributed by atoms with E-state index in [1.54, 1.807) is 36.3 Å². The van der Waals surface area contributed by atoms with E-state index in [0.717, 1.165) is 11.1 Å². The van der Waals surface area contributed by atoms with Gasteiger partial charge in [0.1, 0.15) is 23.5 Å². The molecule has 1 aliphatic rings. The Balaban J connectivity index is 1.42. The highest BCUT2D eigenvalue weighted by Gasteiger charge is 2.47. The average molecular weight is 447 g/mol. The first-order valence-corrected chi connectivity index (χ1v) is 10.7. The Bertz CT molecular complexity index is 1130. The Labute approximate surface area is 192 Å². The monoisotopic (exact) mass is 446 g/mol. The van der Waals surface area contributed by atoms with Crippen LogP contribution in [0.2, 0.25) is 0 Å². The number of methoxy groups -OCH3 is 1. The van der Waals surface area contributed by atoms with Crippen LogP contribution in [-0.4, -0.2) is 48.7 Å². The molecule has 0 saturated carbocycles. The SMILES string of the molecule is COc1ccc(C(=O)N2CCC(COc3ccc(-c4ccc(N)cc4)cc3)(C(=O)O)C2)cc1. The molecule has 1 amide bonds. The Morgan fingerprint density at radius 2 is 1.52 bits per heavy atom. The number of anilines is 1. The zero-order valence-electron chi connectivity index (χ0n) is 18.4. The van der Waals surface area contributed by atoms with E-state index >= 15 is 0 Å². The van der Waals surface area contributed by atoms with Crippen molar-refractivity contribution in [3.05, 3.63) is 78.4 Å². The number of nitrogen functional groups attached to an aromatic ring is 1. The Kier molecular flexibility index (Phi) is 6.22. The molecule has 1 fully saturated rings. The van der Waals surface area contributed by atoms with E-state index in [-0.39, 0.29) is 19.1 Å². The molecule has 0 spiro atoms. The number of aliphatic carboxylic acids is 1. The fraction of sp³-hybridized carbons (Fsp3) is 0.231. The first-order valence-electron chi connectivity index (χ1n) is 10.7. The molecule has 3 N–H and O–H groups in total. The van der Waals surface area contributed by atoms with E-state index in [1.165, 1.54) is 0 Å². The van der Waals surface area contributed by atoms with Gasteiger partial charge in [0.25, 0.3) is 5.91 Å². The van der Waals surface area contributed by atoms with Crippen LogP contribution in [-0.2, 0) is 4.79 Å². The summed E-state index contributed by atoms with van der Waals surface area (Å²) < 4.78 is 11.0. The number of nitrogens with two attached hydrogens (primary N) is 1. The van der Waals surface area contributed by atoms with Crippen LogP contribution >= 0.6 is 0 Å². The van der Waals surface area contributed by atoms with Crippen molar-refractivity contribution in [2.24, 2.45) is 5.41 Å². The number of carboxylic acid groups (broad SMARTS) is 1. The molecule has 0 bridgehead atoms. The lowest BCUT2D eigenvalue weighted by molar-refractivity contribution is -0.149. The first-order chi connectivity index (χ1) is 15.9. The van der Waals surface area contributed by atoms with E-state index in [1.807, 2.05) is 48.5 Å². The number of rotatable bonds is 7. The third-order valence-electron chi connectivity index (χ3n) is 6.05. The van der Waals surface area contributed by atoms with Crippen molar-refractivity contribution in [3.8, 4) is 22.6 Å². The summed E-state index contributed by atoms with van der Waals surface area (Å²) in [5.74, 6) is 0.0677. The van der Waals surface area contributed by atoms with Crippen molar-refractivity contribution in [2.75, 3.05) is 32.5 Å². The molecule has 0 aromatic heterocycles. The molecule has 7 heteroatoms. The van der Waals surface area contributed by atoms with Crippen LogP contribution in [0.1, 0.15) is 16.8 Å². The van der Waals surface area contributed by atoms with Gasteiger partial charge in [0.05, 0.1) is 7.11 Å². The third kappa shape index (κ3) is 4.77. The van der Waals surface area contributed by atoms with E-state index < -0.39 is 11.4 Å². The van der Waals surface area contributed by atoms with Gasteiger partial charge in [0.15, 0.2) is 0 Å². The number of likely N-dealkylation sites (tertiary alicyclic amines) is 1. The van der Waals surface area contributed by atoms with Gasteiger partial charge in [-0.2, -0.15) is 0 Å². The van der Waals surface area contributed by atoms with E-state index in [9.17, 15) is 14.7 Å². The zero-order chi connectivity index (χ0) is 23.4. The molecule has 3 aromatic carbocycles. The quantitative estimate of drug-likeness (QED) is 0.533. The summed E-state index contributed by atoms with van der Waals surface area (Å²) in [6.45, 7) is 0.434. The minimum absolute atomic E-state index is 0.0179. The summed E-state index contributed by atoms with van der Waals surface area (Å²) in [6, 6.07) is 21.8.